The Kier molecular flexibility index (Phi) is 6.86. The smallest absolute Gasteiger partial charge is 0.140 e. The average molecular weight is 215 g/mol. The molecule has 0 N–H and O–H groups in total. The molecule has 0 aliphatic carbocycles. The lowest BCUT2D eigenvalue weighted by molar-refractivity contribution is 0.610. The van der Waals surface area contributed by atoms with Gasteiger partial charge in [-0.05, 0) is 12.8 Å². The maximum Gasteiger partial charge on any atom is 0.140 e. The van der Waals surface area contributed by atoms with Gasteiger partial charge in [0.15, 0.2) is 0 Å². The standard InChI is InChI=1S/C5H11BrO2S/c6-4-2-1-3-5-9(7)8/h9H,1-5H2. The van der Waals surface area contributed by atoms with Crippen LogP contribution in [0.2, 0.25) is 0 Å². The van der Waals surface area contributed by atoms with Crippen LogP contribution < -0.4 is 0 Å². The summed E-state index contributed by atoms with van der Waals surface area (Å²) in [6, 6.07) is 0. The van der Waals surface area contributed by atoms with Gasteiger partial charge in [0.1, 0.15) is 10.7 Å². The van der Waals surface area contributed by atoms with E-state index in [-0.39, 0.29) is 0 Å². The molecule has 0 aromatic heterocycles. The maximum atomic E-state index is 9.99. The zero-order chi connectivity index (χ0) is 7.11. The van der Waals surface area contributed by atoms with Crippen LogP contribution in [0, 0.1) is 0 Å². The zero-order valence-electron chi connectivity index (χ0n) is 5.18. The largest absolute Gasteiger partial charge is 0.232 e. The van der Waals surface area contributed by atoms with Crippen molar-refractivity contribution in [3.05, 3.63) is 0 Å². The van der Waals surface area contributed by atoms with Crippen LogP contribution in [0.3, 0.4) is 0 Å². The van der Waals surface area contributed by atoms with Gasteiger partial charge in [0.05, 0.1) is 0 Å². The molecule has 0 spiro atoms. The Morgan fingerprint density at radius 1 is 1.11 bits per heavy atom. The van der Waals surface area contributed by atoms with Gasteiger partial charge in [-0.15, -0.1) is 0 Å². The Bertz CT molecular complexity index is 114. The highest BCUT2D eigenvalue weighted by atomic mass is 79.9. The molecule has 56 valence electrons. The second-order valence-corrected chi connectivity index (χ2v) is 3.71. The number of hydrogen-bond acceptors (Lipinski definition) is 2. The number of rotatable bonds is 5. The van der Waals surface area contributed by atoms with Gasteiger partial charge >= 0.3 is 0 Å². The van der Waals surface area contributed by atoms with E-state index in [0.717, 1.165) is 24.6 Å². The zero-order valence-corrected chi connectivity index (χ0v) is 7.66. The topological polar surface area (TPSA) is 34.1 Å². The summed E-state index contributed by atoms with van der Waals surface area (Å²) in [5, 5.41) is 0.975. The molecule has 0 atom stereocenters. The van der Waals surface area contributed by atoms with E-state index in [1.807, 2.05) is 0 Å². The van der Waals surface area contributed by atoms with Crippen LogP contribution in [0.25, 0.3) is 0 Å². The summed E-state index contributed by atoms with van der Waals surface area (Å²) in [5.41, 5.74) is 0. The molecule has 2 nitrogen and oxygen atoms in total. The second-order valence-electron chi connectivity index (χ2n) is 1.81. The van der Waals surface area contributed by atoms with Gasteiger partial charge in [-0.3, -0.25) is 0 Å². The Hall–Kier alpha value is 0.430. The molecule has 0 bridgehead atoms. The average Bonchev–Trinajstić information content (AvgIpc) is 1.80. The van der Waals surface area contributed by atoms with Crippen molar-refractivity contribution in [2.45, 2.75) is 19.3 Å². The van der Waals surface area contributed by atoms with Crippen LogP contribution >= 0.6 is 15.9 Å². The summed E-state index contributed by atoms with van der Waals surface area (Å²) in [6.45, 7) is 0. The Labute approximate surface area is 65.7 Å². The van der Waals surface area contributed by atoms with Gasteiger partial charge in [0.2, 0.25) is 0 Å². The van der Waals surface area contributed by atoms with Crippen molar-refractivity contribution in [2.24, 2.45) is 0 Å². The summed E-state index contributed by atoms with van der Waals surface area (Å²) in [6.07, 6.45) is 2.89. The first-order chi connectivity index (χ1) is 4.27. The van der Waals surface area contributed by atoms with Crippen LogP contribution in [0.15, 0.2) is 0 Å². The highest BCUT2D eigenvalue weighted by molar-refractivity contribution is 9.09. The van der Waals surface area contributed by atoms with Crippen molar-refractivity contribution < 1.29 is 8.42 Å². The SMILES string of the molecule is O=[SH](=O)CCCCCBr. The summed E-state index contributed by atoms with van der Waals surface area (Å²) >= 11 is 3.27. The van der Waals surface area contributed by atoms with E-state index in [1.54, 1.807) is 0 Å². The number of hydrogen-bond donors (Lipinski definition) is 1. The fourth-order valence-corrected chi connectivity index (χ4v) is 1.39. The van der Waals surface area contributed by atoms with Gasteiger partial charge in [-0.2, -0.15) is 0 Å². The quantitative estimate of drug-likeness (QED) is 0.424. The molecule has 0 heterocycles. The fraction of sp³-hybridized carbons (Fsp3) is 1.00. The third-order valence-corrected chi connectivity index (χ3v) is 2.22. The molecular weight excluding hydrogens is 204 g/mol. The Morgan fingerprint density at radius 2 is 1.78 bits per heavy atom. The molecule has 4 heteroatoms. The third kappa shape index (κ3) is 8.43. The number of unbranched alkanes of at least 4 members (excludes halogenated alkanes) is 2. The van der Waals surface area contributed by atoms with Gasteiger partial charge in [-0.1, -0.05) is 22.4 Å². The van der Waals surface area contributed by atoms with Crippen LogP contribution in [0.5, 0.6) is 0 Å². The van der Waals surface area contributed by atoms with Crippen LogP contribution in [-0.4, -0.2) is 19.5 Å². The summed E-state index contributed by atoms with van der Waals surface area (Å²) in [4.78, 5) is 0. The maximum absolute atomic E-state index is 9.99. The minimum Gasteiger partial charge on any atom is -0.232 e. The molecule has 0 saturated carbocycles. The van der Waals surface area contributed by atoms with Crippen molar-refractivity contribution in [3.63, 3.8) is 0 Å². The molecule has 0 amide bonds. The fourth-order valence-electron chi connectivity index (χ4n) is 0.512. The van der Waals surface area contributed by atoms with Crippen LogP contribution in [-0.2, 0) is 10.7 Å². The summed E-state index contributed by atoms with van der Waals surface area (Å²) in [7, 11) is -2.13. The predicted octanol–water partition coefficient (Wildman–Crippen LogP) is 1.16. The normalized spacial score (nSPS) is 10.4. The molecule has 9 heavy (non-hydrogen) atoms. The van der Waals surface area contributed by atoms with E-state index < -0.39 is 10.7 Å². The lowest BCUT2D eigenvalue weighted by Gasteiger charge is -1.90. The molecule has 0 aromatic rings. The third-order valence-electron chi connectivity index (χ3n) is 0.974. The van der Waals surface area contributed by atoms with Gasteiger partial charge in [0, 0.05) is 11.1 Å². The Balaban J connectivity index is 2.92. The lowest BCUT2D eigenvalue weighted by atomic mass is 10.3. The summed E-state index contributed by atoms with van der Waals surface area (Å²) in [5.74, 6) is 0.350. The number of alkyl halides is 1. The van der Waals surface area contributed by atoms with Crippen molar-refractivity contribution in [2.75, 3.05) is 11.1 Å². The minimum atomic E-state index is -2.13. The molecule has 0 unspecified atom stereocenters. The molecule has 0 aliphatic heterocycles. The van der Waals surface area contributed by atoms with Gasteiger partial charge in [-0.25, -0.2) is 8.42 Å². The first-order valence-electron chi connectivity index (χ1n) is 2.95. The van der Waals surface area contributed by atoms with Crippen LogP contribution in [0.1, 0.15) is 19.3 Å². The van der Waals surface area contributed by atoms with Gasteiger partial charge < -0.3 is 0 Å². The van der Waals surface area contributed by atoms with E-state index >= 15 is 0 Å². The Morgan fingerprint density at radius 3 is 2.22 bits per heavy atom. The van der Waals surface area contributed by atoms with Crippen molar-refractivity contribution in [1.82, 2.24) is 0 Å². The monoisotopic (exact) mass is 214 g/mol. The van der Waals surface area contributed by atoms with Crippen molar-refractivity contribution in [3.8, 4) is 0 Å². The minimum absolute atomic E-state index is 0.350. The number of thiol groups is 1. The van der Waals surface area contributed by atoms with E-state index in [4.69, 9.17) is 0 Å². The molecule has 0 aliphatic rings. The first-order valence-corrected chi connectivity index (χ1v) is 5.43. The van der Waals surface area contributed by atoms with Crippen molar-refractivity contribution in [1.29, 1.82) is 0 Å². The molecule has 0 radical (unpaired) electrons. The highest BCUT2D eigenvalue weighted by Crippen LogP contribution is 1.97. The molecule has 0 saturated heterocycles. The first kappa shape index (κ1) is 9.43. The molecular formula is C5H11BrO2S. The molecule has 0 rings (SSSR count). The van der Waals surface area contributed by atoms with E-state index in [9.17, 15) is 8.42 Å². The van der Waals surface area contributed by atoms with E-state index in [1.165, 1.54) is 0 Å². The molecule has 0 fully saturated rings. The van der Waals surface area contributed by atoms with E-state index in [2.05, 4.69) is 15.9 Å². The van der Waals surface area contributed by atoms with E-state index in [0.29, 0.717) is 5.75 Å². The number of halogens is 1. The molecule has 0 aromatic carbocycles. The second kappa shape index (κ2) is 6.55. The summed E-state index contributed by atoms with van der Waals surface area (Å²) < 4.78 is 20.0. The lowest BCUT2D eigenvalue weighted by Crippen LogP contribution is -1.87. The predicted molar refractivity (Wildman–Crippen MR) is 42.8 cm³/mol. The van der Waals surface area contributed by atoms with Crippen LogP contribution in [0.4, 0.5) is 0 Å². The highest BCUT2D eigenvalue weighted by Gasteiger charge is 1.87. The van der Waals surface area contributed by atoms with Crippen molar-refractivity contribution >= 4 is 26.6 Å². The van der Waals surface area contributed by atoms with Gasteiger partial charge in [0.25, 0.3) is 0 Å².